The highest BCUT2D eigenvalue weighted by Crippen LogP contribution is 2.39. The van der Waals surface area contributed by atoms with Gasteiger partial charge in [0.05, 0.1) is 30.4 Å². The average molecular weight is 488 g/mol. The first-order chi connectivity index (χ1) is 15.6. The number of primary amides is 1. The number of carbonyl (C=O) groups is 1. The number of nitrogens with two attached hydrogens (primary N) is 1. The van der Waals surface area contributed by atoms with Crippen LogP contribution in [-0.4, -0.2) is 39.9 Å². The topological polar surface area (TPSA) is 105 Å². The molecule has 0 fully saturated rings. The van der Waals surface area contributed by atoms with E-state index in [2.05, 4.69) is 10.2 Å². The molecule has 4 aromatic rings. The number of benzene rings is 1. The maximum Gasteiger partial charge on any atom is 0.219 e. The lowest BCUT2D eigenvalue weighted by Crippen LogP contribution is -2.14. The van der Waals surface area contributed by atoms with E-state index in [4.69, 9.17) is 20.2 Å². The summed E-state index contributed by atoms with van der Waals surface area (Å²) in [6, 6.07) is 9.68. The van der Waals surface area contributed by atoms with Gasteiger partial charge in [0, 0.05) is 24.1 Å². The molecule has 1 aromatic carbocycles. The van der Waals surface area contributed by atoms with Gasteiger partial charge in [-0.3, -0.25) is 4.79 Å². The Bertz CT molecular complexity index is 1200. The van der Waals surface area contributed by atoms with Crippen molar-refractivity contribution >= 4 is 40.3 Å². The van der Waals surface area contributed by atoms with Crippen molar-refractivity contribution in [3.63, 3.8) is 0 Å². The van der Waals surface area contributed by atoms with Gasteiger partial charge in [-0.15, -0.1) is 32.9 Å². The van der Waals surface area contributed by atoms with Gasteiger partial charge < -0.3 is 19.8 Å². The molecular formula is C21H21N5O3S3. The van der Waals surface area contributed by atoms with Gasteiger partial charge in [0.25, 0.3) is 0 Å². The Hall–Kier alpha value is -2.89. The summed E-state index contributed by atoms with van der Waals surface area (Å²) >= 11 is 4.65. The van der Waals surface area contributed by atoms with Crippen molar-refractivity contribution in [2.45, 2.75) is 23.9 Å². The van der Waals surface area contributed by atoms with E-state index in [-0.39, 0.29) is 12.3 Å². The van der Waals surface area contributed by atoms with Gasteiger partial charge in [0.2, 0.25) is 5.91 Å². The minimum absolute atomic E-state index is 0.223. The van der Waals surface area contributed by atoms with Gasteiger partial charge >= 0.3 is 0 Å². The number of aromatic nitrogens is 4. The molecule has 11 heteroatoms. The number of thioether (sulfide) groups is 1. The second-order valence-electron chi connectivity index (χ2n) is 6.63. The lowest BCUT2D eigenvalue weighted by molar-refractivity contribution is -0.118. The molecule has 0 radical (unpaired) electrons. The van der Waals surface area contributed by atoms with Crippen LogP contribution in [0.5, 0.6) is 11.5 Å². The summed E-state index contributed by atoms with van der Waals surface area (Å²) in [5.74, 6) is 2.32. The summed E-state index contributed by atoms with van der Waals surface area (Å²) in [7, 11) is 3.24. The van der Waals surface area contributed by atoms with Crippen LogP contribution in [0.2, 0.25) is 0 Å². The van der Waals surface area contributed by atoms with Crippen LogP contribution >= 0.6 is 34.4 Å². The fourth-order valence-electron chi connectivity index (χ4n) is 3.10. The van der Waals surface area contributed by atoms with Gasteiger partial charge in [-0.2, -0.15) is 0 Å². The Morgan fingerprint density at radius 3 is 2.75 bits per heavy atom. The number of thiophene rings is 1. The average Bonchev–Trinajstić information content (AvgIpc) is 3.56. The van der Waals surface area contributed by atoms with Gasteiger partial charge in [-0.05, 0) is 23.6 Å². The van der Waals surface area contributed by atoms with Gasteiger partial charge in [0.1, 0.15) is 5.01 Å². The molecule has 166 valence electrons. The van der Waals surface area contributed by atoms with Crippen LogP contribution in [0.15, 0.2) is 46.2 Å². The number of hydrogen-bond donors (Lipinski definition) is 1. The van der Waals surface area contributed by atoms with Gasteiger partial charge in [-0.1, -0.05) is 23.9 Å². The number of rotatable bonds is 10. The summed E-state index contributed by atoms with van der Waals surface area (Å²) < 4.78 is 12.9. The predicted molar refractivity (Wildman–Crippen MR) is 127 cm³/mol. The largest absolute Gasteiger partial charge is 0.493 e. The monoisotopic (exact) mass is 487 g/mol. The third-order valence-electron chi connectivity index (χ3n) is 4.57. The maximum atomic E-state index is 11.4. The van der Waals surface area contributed by atoms with E-state index in [0.29, 0.717) is 23.8 Å². The van der Waals surface area contributed by atoms with Crippen molar-refractivity contribution in [2.75, 3.05) is 14.2 Å². The van der Waals surface area contributed by atoms with Crippen LogP contribution in [0.3, 0.4) is 0 Å². The zero-order valence-corrected chi connectivity index (χ0v) is 19.9. The molecule has 0 aliphatic carbocycles. The van der Waals surface area contributed by atoms with E-state index < -0.39 is 0 Å². The second kappa shape index (κ2) is 10.2. The number of para-hydroxylation sites is 1. The molecule has 8 nitrogen and oxygen atoms in total. The zero-order chi connectivity index (χ0) is 22.5. The summed E-state index contributed by atoms with van der Waals surface area (Å²) in [4.78, 5) is 17.1. The molecule has 0 bridgehead atoms. The Morgan fingerprint density at radius 1 is 1.16 bits per heavy atom. The lowest BCUT2D eigenvalue weighted by Gasteiger charge is -2.10. The third-order valence-corrected chi connectivity index (χ3v) is 7.36. The fraction of sp³-hybridized carbons (Fsp3) is 0.238. The molecule has 2 N–H and O–H groups in total. The summed E-state index contributed by atoms with van der Waals surface area (Å²) in [5, 5.41) is 14.3. The summed E-state index contributed by atoms with van der Waals surface area (Å²) in [6.45, 7) is 0.432. The maximum absolute atomic E-state index is 11.4. The van der Waals surface area contributed by atoms with E-state index in [0.717, 1.165) is 32.1 Å². The molecule has 0 aliphatic rings. The molecule has 4 rings (SSSR count). The van der Waals surface area contributed by atoms with Crippen LogP contribution in [0, 0.1) is 0 Å². The standard InChI is InChI=1S/C21H21N5O3S3/c1-28-15-6-3-5-14(18(15)29-2)20-23-13(11-31-20)12-32-21-25-24-19(16-7-4-10-30-16)26(21)9-8-17(22)27/h3-7,10-11H,8-9,12H2,1-2H3,(H2,22,27). The Kier molecular flexibility index (Phi) is 7.08. The smallest absolute Gasteiger partial charge is 0.219 e. The fourth-order valence-corrected chi connectivity index (χ4v) is 5.62. The van der Waals surface area contributed by atoms with Crippen molar-refractivity contribution < 1.29 is 14.3 Å². The minimum atomic E-state index is -0.358. The normalized spacial score (nSPS) is 10.9. The quantitative estimate of drug-likeness (QED) is 0.332. The first-order valence-corrected chi connectivity index (χ1v) is 12.4. The Balaban J connectivity index is 1.54. The van der Waals surface area contributed by atoms with Crippen molar-refractivity contribution in [2.24, 2.45) is 5.73 Å². The van der Waals surface area contributed by atoms with E-state index in [1.807, 2.05) is 45.7 Å². The number of nitrogens with zero attached hydrogens (tertiary/aromatic N) is 4. The molecule has 0 unspecified atom stereocenters. The summed E-state index contributed by atoms with van der Waals surface area (Å²) in [6.07, 6.45) is 0.223. The van der Waals surface area contributed by atoms with Crippen LogP contribution < -0.4 is 15.2 Å². The number of carbonyl (C=O) groups excluding carboxylic acids is 1. The van der Waals surface area contributed by atoms with Gasteiger partial charge in [0.15, 0.2) is 22.5 Å². The molecule has 0 saturated heterocycles. The number of hydrogen-bond acceptors (Lipinski definition) is 9. The molecular weight excluding hydrogens is 466 g/mol. The number of thiazole rings is 1. The molecule has 32 heavy (non-hydrogen) atoms. The van der Waals surface area contributed by atoms with Crippen molar-refractivity contribution in [3.05, 3.63) is 46.8 Å². The number of ether oxygens (including phenoxy) is 2. The van der Waals surface area contributed by atoms with Crippen LogP contribution in [0.1, 0.15) is 12.1 Å². The van der Waals surface area contributed by atoms with Crippen LogP contribution in [0.4, 0.5) is 0 Å². The van der Waals surface area contributed by atoms with Crippen molar-refractivity contribution in [1.82, 2.24) is 19.7 Å². The SMILES string of the molecule is COc1cccc(-c2nc(CSc3nnc(-c4cccs4)n3CCC(N)=O)cs2)c1OC. The molecule has 0 saturated carbocycles. The molecule has 0 spiro atoms. The van der Waals surface area contributed by atoms with Crippen LogP contribution in [-0.2, 0) is 17.1 Å². The van der Waals surface area contributed by atoms with Crippen molar-refractivity contribution in [1.29, 1.82) is 0 Å². The third kappa shape index (κ3) is 4.79. The minimum Gasteiger partial charge on any atom is -0.493 e. The molecule has 3 aromatic heterocycles. The predicted octanol–water partition coefficient (Wildman–Crippen LogP) is 4.32. The Labute approximate surface area is 197 Å². The molecule has 3 heterocycles. The van der Waals surface area contributed by atoms with E-state index >= 15 is 0 Å². The summed E-state index contributed by atoms with van der Waals surface area (Å²) in [5.41, 5.74) is 7.18. The van der Waals surface area contributed by atoms with E-state index in [9.17, 15) is 4.79 Å². The van der Waals surface area contributed by atoms with Crippen LogP contribution in [0.25, 0.3) is 21.3 Å². The Morgan fingerprint density at radius 2 is 2.03 bits per heavy atom. The molecule has 1 amide bonds. The van der Waals surface area contributed by atoms with E-state index in [1.165, 1.54) is 11.8 Å². The first-order valence-electron chi connectivity index (χ1n) is 9.64. The number of amides is 1. The van der Waals surface area contributed by atoms with Crippen molar-refractivity contribution in [3.8, 4) is 32.8 Å². The van der Waals surface area contributed by atoms with E-state index in [1.54, 1.807) is 36.9 Å². The second-order valence-corrected chi connectivity index (χ2v) is 9.37. The highest BCUT2D eigenvalue weighted by molar-refractivity contribution is 7.98. The number of methoxy groups -OCH3 is 2. The molecule has 0 aliphatic heterocycles. The van der Waals surface area contributed by atoms with Gasteiger partial charge in [-0.25, -0.2) is 4.98 Å². The highest BCUT2D eigenvalue weighted by atomic mass is 32.2. The molecule has 0 atom stereocenters. The first kappa shape index (κ1) is 22.3. The highest BCUT2D eigenvalue weighted by Gasteiger charge is 2.18. The zero-order valence-electron chi connectivity index (χ0n) is 17.5. The lowest BCUT2D eigenvalue weighted by atomic mass is 10.2.